The number of hydrogen-bond donors (Lipinski definition) is 1. The number of amides is 1. The molecule has 9 heteroatoms. The number of nitrogens with one attached hydrogen (secondary N) is 1. The molecule has 2 aromatic carbocycles. The summed E-state index contributed by atoms with van der Waals surface area (Å²) in [7, 11) is 0. The standard InChI is InChI=1S/C25H25ClN4O3S/c1-3-5-11-21-29-30-23(27)18(24(31)28-25(30)34-21)12-17-13-19(26)22(20(14-17)32-4-2)33-15-16-9-7-6-8-10-16/h6-10,12-14,27H,3-5,11,15H2,1-2H3. The van der Waals surface area contributed by atoms with Crippen LogP contribution in [0.25, 0.3) is 6.08 Å². The zero-order valence-corrected chi connectivity index (χ0v) is 20.6. The molecule has 1 N–H and O–H groups in total. The van der Waals surface area contributed by atoms with Crippen molar-refractivity contribution in [3.8, 4) is 11.5 Å². The van der Waals surface area contributed by atoms with Crippen LogP contribution in [0.2, 0.25) is 5.02 Å². The van der Waals surface area contributed by atoms with Gasteiger partial charge >= 0.3 is 0 Å². The van der Waals surface area contributed by atoms with Crippen molar-refractivity contribution in [2.24, 2.45) is 10.1 Å². The van der Waals surface area contributed by atoms with Gasteiger partial charge in [-0.15, -0.1) is 0 Å². The monoisotopic (exact) mass is 496 g/mol. The summed E-state index contributed by atoms with van der Waals surface area (Å²) < 4.78 is 11.7. The topological polar surface area (TPSA) is 87.3 Å². The molecule has 2 aliphatic rings. The fourth-order valence-electron chi connectivity index (χ4n) is 3.43. The molecule has 4 rings (SSSR count). The van der Waals surface area contributed by atoms with Crippen LogP contribution in [-0.2, 0) is 11.4 Å². The number of ether oxygens (including phenoxy) is 2. The predicted molar refractivity (Wildman–Crippen MR) is 138 cm³/mol. The molecule has 0 bridgehead atoms. The number of hydrogen-bond acceptors (Lipinski definition) is 6. The molecule has 2 aliphatic heterocycles. The highest BCUT2D eigenvalue weighted by Crippen LogP contribution is 2.38. The minimum Gasteiger partial charge on any atom is -0.490 e. The number of benzene rings is 2. The molecule has 176 valence electrons. The van der Waals surface area contributed by atoms with E-state index in [-0.39, 0.29) is 11.4 Å². The number of hydrazone groups is 1. The summed E-state index contributed by atoms with van der Waals surface area (Å²) in [5, 5.41) is 16.1. The average Bonchev–Trinajstić information content (AvgIpc) is 3.23. The van der Waals surface area contributed by atoms with Gasteiger partial charge in [0.25, 0.3) is 5.91 Å². The quantitative estimate of drug-likeness (QED) is 0.422. The Labute approximate surface area is 208 Å². The fourth-order valence-corrected chi connectivity index (χ4v) is 4.63. The molecule has 2 heterocycles. The van der Waals surface area contributed by atoms with Gasteiger partial charge in [-0.3, -0.25) is 10.2 Å². The number of carbonyl (C=O) groups is 1. The Hall–Kier alpha value is -3.10. The molecule has 1 amide bonds. The average molecular weight is 497 g/mol. The van der Waals surface area contributed by atoms with Gasteiger partial charge in [0.2, 0.25) is 5.17 Å². The van der Waals surface area contributed by atoms with Gasteiger partial charge in [-0.25, -0.2) is 0 Å². The van der Waals surface area contributed by atoms with Gasteiger partial charge in [-0.05, 0) is 60.9 Å². The first-order chi connectivity index (χ1) is 16.5. The normalized spacial score (nSPS) is 16.4. The molecule has 0 aliphatic carbocycles. The molecular formula is C25H25ClN4O3S. The first kappa shape index (κ1) is 24.0. The molecule has 2 aromatic rings. The van der Waals surface area contributed by atoms with Crippen LogP contribution in [0.15, 0.2) is 58.1 Å². The Morgan fingerprint density at radius 3 is 2.71 bits per heavy atom. The summed E-state index contributed by atoms with van der Waals surface area (Å²) in [4.78, 5) is 16.9. The summed E-state index contributed by atoms with van der Waals surface area (Å²) in [6.07, 6.45) is 4.43. The maximum atomic E-state index is 12.7. The molecule has 0 radical (unpaired) electrons. The number of fused-ring (bicyclic) bond motifs is 1. The van der Waals surface area contributed by atoms with E-state index < -0.39 is 5.91 Å². The molecule has 0 fully saturated rings. The van der Waals surface area contributed by atoms with Crippen LogP contribution >= 0.6 is 23.4 Å². The van der Waals surface area contributed by atoms with Gasteiger partial charge in [0.1, 0.15) is 11.7 Å². The maximum absolute atomic E-state index is 12.7. The van der Waals surface area contributed by atoms with E-state index in [1.165, 1.54) is 16.8 Å². The Morgan fingerprint density at radius 1 is 1.18 bits per heavy atom. The molecule has 0 unspecified atom stereocenters. The van der Waals surface area contributed by atoms with Crippen LogP contribution in [0.5, 0.6) is 11.5 Å². The molecule has 0 aromatic heterocycles. The van der Waals surface area contributed by atoms with E-state index in [1.807, 2.05) is 37.3 Å². The number of nitrogens with zero attached hydrogens (tertiary/aromatic N) is 3. The van der Waals surface area contributed by atoms with E-state index >= 15 is 0 Å². The second kappa shape index (κ2) is 10.9. The summed E-state index contributed by atoms with van der Waals surface area (Å²) in [5.41, 5.74) is 1.75. The Bertz CT molecular complexity index is 1190. The van der Waals surface area contributed by atoms with Gasteiger partial charge in [-0.2, -0.15) is 15.1 Å². The lowest BCUT2D eigenvalue weighted by atomic mass is 10.1. The van der Waals surface area contributed by atoms with Crippen LogP contribution in [0.1, 0.15) is 44.2 Å². The van der Waals surface area contributed by atoms with Gasteiger partial charge in [-0.1, -0.05) is 55.3 Å². The lowest BCUT2D eigenvalue weighted by molar-refractivity contribution is -0.114. The van der Waals surface area contributed by atoms with Crippen molar-refractivity contribution in [3.05, 3.63) is 64.2 Å². The number of carbonyl (C=O) groups excluding carboxylic acids is 1. The van der Waals surface area contributed by atoms with Crippen LogP contribution < -0.4 is 9.47 Å². The molecule has 0 saturated heterocycles. The lowest BCUT2D eigenvalue weighted by Gasteiger charge is -2.20. The number of aliphatic imine (C=N–C) groups is 1. The number of amidine groups is 2. The van der Waals surface area contributed by atoms with Gasteiger partial charge < -0.3 is 9.47 Å². The van der Waals surface area contributed by atoms with Crippen molar-refractivity contribution in [2.45, 2.75) is 39.7 Å². The highest BCUT2D eigenvalue weighted by molar-refractivity contribution is 8.26. The zero-order chi connectivity index (χ0) is 24.1. The first-order valence-electron chi connectivity index (χ1n) is 11.1. The second-order valence-corrected chi connectivity index (χ2v) is 9.10. The first-order valence-corrected chi connectivity index (χ1v) is 12.3. The Balaban J connectivity index is 1.60. The van der Waals surface area contributed by atoms with Crippen LogP contribution in [-0.4, -0.2) is 33.6 Å². The molecule has 0 atom stereocenters. The summed E-state index contributed by atoms with van der Waals surface area (Å²) >= 11 is 7.89. The molecule has 0 spiro atoms. The van der Waals surface area contributed by atoms with Crippen LogP contribution in [0.4, 0.5) is 0 Å². The van der Waals surface area contributed by atoms with Gasteiger partial charge in [0.05, 0.1) is 17.2 Å². The largest absolute Gasteiger partial charge is 0.490 e. The summed E-state index contributed by atoms with van der Waals surface area (Å²) in [6.45, 7) is 4.74. The highest BCUT2D eigenvalue weighted by Gasteiger charge is 2.35. The van der Waals surface area contributed by atoms with E-state index in [0.717, 1.165) is 29.9 Å². The third kappa shape index (κ3) is 5.34. The number of halogens is 1. The molecular weight excluding hydrogens is 472 g/mol. The Morgan fingerprint density at radius 2 is 1.97 bits per heavy atom. The van der Waals surface area contributed by atoms with Crippen molar-refractivity contribution in [2.75, 3.05) is 6.61 Å². The van der Waals surface area contributed by atoms with E-state index in [0.29, 0.717) is 40.5 Å². The van der Waals surface area contributed by atoms with Crippen LogP contribution in [0, 0.1) is 5.41 Å². The predicted octanol–water partition coefficient (Wildman–Crippen LogP) is 6.13. The van der Waals surface area contributed by atoms with Crippen molar-refractivity contribution in [1.82, 2.24) is 5.01 Å². The lowest BCUT2D eigenvalue weighted by Crippen LogP contribution is -2.35. The summed E-state index contributed by atoms with van der Waals surface area (Å²) in [5.74, 6) is 0.413. The minimum absolute atomic E-state index is 0.00696. The third-order valence-electron chi connectivity index (χ3n) is 5.11. The molecule has 34 heavy (non-hydrogen) atoms. The van der Waals surface area contributed by atoms with E-state index in [4.69, 9.17) is 26.5 Å². The summed E-state index contributed by atoms with van der Waals surface area (Å²) in [6, 6.07) is 13.2. The van der Waals surface area contributed by atoms with E-state index in [2.05, 4.69) is 17.0 Å². The van der Waals surface area contributed by atoms with Gasteiger partial charge in [0, 0.05) is 0 Å². The van der Waals surface area contributed by atoms with Crippen LogP contribution in [0.3, 0.4) is 0 Å². The van der Waals surface area contributed by atoms with E-state index in [1.54, 1.807) is 18.2 Å². The highest BCUT2D eigenvalue weighted by atomic mass is 35.5. The minimum atomic E-state index is -0.478. The van der Waals surface area contributed by atoms with Crippen molar-refractivity contribution in [1.29, 1.82) is 5.41 Å². The number of unbranched alkanes of at least 4 members (excludes halogenated alkanes) is 1. The smallest absolute Gasteiger partial charge is 0.283 e. The number of rotatable bonds is 9. The fraction of sp³-hybridized carbons (Fsp3) is 0.280. The molecule has 0 saturated carbocycles. The van der Waals surface area contributed by atoms with Crippen molar-refractivity contribution in [3.63, 3.8) is 0 Å². The SMILES string of the molecule is CCCCC1=NN2C(=N)C(=Cc3cc(Cl)c(OCc4ccccc4)c(OCC)c3)C(=O)N=C2S1. The Kier molecular flexibility index (Phi) is 7.70. The zero-order valence-electron chi connectivity index (χ0n) is 19.0. The van der Waals surface area contributed by atoms with E-state index in [9.17, 15) is 4.79 Å². The third-order valence-corrected chi connectivity index (χ3v) is 6.36. The van der Waals surface area contributed by atoms with Gasteiger partial charge in [0.15, 0.2) is 17.3 Å². The second-order valence-electron chi connectivity index (χ2n) is 7.65. The van der Waals surface area contributed by atoms with Crippen molar-refractivity contribution >= 4 is 51.4 Å². The number of thioether (sulfide) groups is 1. The molecule has 7 nitrogen and oxygen atoms in total. The van der Waals surface area contributed by atoms with Crippen molar-refractivity contribution < 1.29 is 14.3 Å². The maximum Gasteiger partial charge on any atom is 0.283 e.